The van der Waals surface area contributed by atoms with Crippen LogP contribution in [0.1, 0.15) is 10.4 Å². The second-order valence-electron chi connectivity index (χ2n) is 3.21. The molecule has 100 valence electrons. The minimum atomic E-state index is -3.92. The normalized spacial score (nSPS) is 11.3. The molecule has 0 fully saturated rings. The molecule has 0 radical (unpaired) electrons. The first-order valence-electron chi connectivity index (χ1n) is 4.76. The molecule has 0 saturated heterocycles. The Balaban J connectivity index is 2.97. The first-order chi connectivity index (χ1) is 8.36. The Morgan fingerprint density at radius 1 is 1.33 bits per heavy atom. The summed E-state index contributed by atoms with van der Waals surface area (Å²) in [4.78, 5) is 11.4. The third-order valence-electron chi connectivity index (χ3n) is 1.96. The number of benzene rings is 1. The number of ether oxygens (including phenoxy) is 2. The predicted molar refractivity (Wildman–Crippen MR) is 66.6 cm³/mol. The molecule has 8 heteroatoms. The van der Waals surface area contributed by atoms with E-state index in [9.17, 15) is 13.2 Å². The summed E-state index contributed by atoms with van der Waals surface area (Å²) in [5.74, 6) is -0.737. The lowest BCUT2D eigenvalue weighted by Crippen LogP contribution is -2.11. The molecule has 0 aliphatic heterocycles. The van der Waals surface area contributed by atoms with Crippen LogP contribution in [0.25, 0.3) is 0 Å². The van der Waals surface area contributed by atoms with Crippen molar-refractivity contribution in [3.05, 3.63) is 28.8 Å². The van der Waals surface area contributed by atoms with E-state index in [0.717, 1.165) is 6.07 Å². The molecule has 0 spiro atoms. The van der Waals surface area contributed by atoms with Crippen LogP contribution in [-0.4, -0.2) is 34.7 Å². The molecule has 0 N–H and O–H groups in total. The zero-order valence-electron chi connectivity index (χ0n) is 9.35. The summed E-state index contributed by atoms with van der Waals surface area (Å²) >= 11 is 5.78. The summed E-state index contributed by atoms with van der Waals surface area (Å²) in [7, 11) is 2.71. The van der Waals surface area contributed by atoms with Crippen molar-refractivity contribution in [1.29, 1.82) is 0 Å². The summed E-state index contributed by atoms with van der Waals surface area (Å²) in [6.45, 7) is 0.278. The van der Waals surface area contributed by atoms with E-state index in [1.54, 1.807) is 0 Å². The minimum absolute atomic E-state index is 0.0452. The van der Waals surface area contributed by atoms with Gasteiger partial charge in [-0.2, -0.15) is 0 Å². The molecule has 18 heavy (non-hydrogen) atoms. The maximum atomic E-state index is 11.6. The maximum absolute atomic E-state index is 11.6. The van der Waals surface area contributed by atoms with Crippen molar-refractivity contribution in [2.75, 3.05) is 20.3 Å². The van der Waals surface area contributed by atoms with E-state index >= 15 is 0 Å². The van der Waals surface area contributed by atoms with Crippen LogP contribution >= 0.6 is 22.3 Å². The Labute approximate surface area is 114 Å². The number of methoxy groups -OCH3 is 1. The van der Waals surface area contributed by atoms with Crippen molar-refractivity contribution < 1.29 is 22.7 Å². The van der Waals surface area contributed by atoms with Gasteiger partial charge in [0, 0.05) is 17.8 Å². The molecule has 0 atom stereocenters. The lowest BCUT2D eigenvalue weighted by Gasteiger charge is -2.06. The van der Waals surface area contributed by atoms with Crippen molar-refractivity contribution in [2.24, 2.45) is 0 Å². The first-order valence-corrected chi connectivity index (χ1v) is 7.45. The predicted octanol–water partition coefficient (Wildman–Crippen LogP) is 2.07. The Kier molecular flexibility index (Phi) is 5.40. The topological polar surface area (TPSA) is 69.7 Å². The zero-order chi connectivity index (χ0) is 13.8. The SMILES string of the molecule is COCCOC(=O)c1cc(S(=O)(=O)Cl)ccc1Cl. The van der Waals surface area contributed by atoms with Gasteiger partial charge >= 0.3 is 5.97 Å². The molecule has 5 nitrogen and oxygen atoms in total. The largest absolute Gasteiger partial charge is 0.460 e. The van der Waals surface area contributed by atoms with Crippen LogP contribution in [0.3, 0.4) is 0 Å². The maximum Gasteiger partial charge on any atom is 0.339 e. The van der Waals surface area contributed by atoms with Crippen molar-refractivity contribution in [1.82, 2.24) is 0 Å². The van der Waals surface area contributed by atoms with Crippen molar-refractivity contribution >= 4 is 37.3 Å². The van der Waals surface area contributed by atoms with E-state index < -0.39 is 15.0 Å². The fourth-order valence-electron chi connectivity index (χ4n) is 1.11. The fourth-order valence-corrected chi connectivity index (χ4v) is 2.08. The average molecular weight is 313 g/mol. The van der Waals surface area contributed by atoms with Gasteiger partial charge in [-0.1, -0.05) is 11.6 Å². The van der Waals surface area contributed by atoms with E-state index in [2.05, 4.69) is 0 Å². The molecule has 0 aromatic heterocycles. The smallest absolute Gasteiger partial charge is 0.339 e. The fraction of sp³-hybridized carbons (Fsp3) is 0.300. The Morgan fingerprint density at radius 2 is 2.00 bits per heavy atom. The van der Waals surface area contributed by atoms with Gasteiger partial charge in [-0.05, 0) is 18.2 Å². The Bertz CT molecular complexity index is 541. The van der Waals surface area contributed by atoms with Crippen LogP contribution in [0.15, 0.2) is 23.1 Å². The van der Waals surface area contributed by atoms with Crippen molar-refractivity contribution in [3.8, 4) is 0 Å². The van der Waals surface area contributed by atoms with Crippen molar-refractivity contribution in [2.45, 2.75) is 4.90 Å². The molecule has 0 aliphatic rings. The third-order valence-corrected chi connectivity index (χ3v) is 3.64. The molecule has 0 saturated carbocycles. The number of hydrogen-bond acceptors (Lipinski definition) is 5. The number of halogens is 2. The Hall–Kier alpha value is -0.820. The minimum Gasteiger partial charge on any atom is -0.460 e. The first kappa shape index (κ1) is 15.2. The summed E-state index contributed by atoms with van der Waals surface area (Å²) in [6, 6.07) is 3.54. The highest BCUT2D eigenvalue weighted by Crippen LogP contribution is 2.23. The monoisotopic (exact) mass is 312 g/mol. The highest BCUT2D eigenvalue weighted by atomic mass is 35.7. The van der Waals surface area contributed by atoms with Crippen molar-refractivity contribution in [3.63, 3.8) is 0 Å². The van der Waals surface area contributed by atoms with Gasteiger partial charge in [-0.3, -0.25) is 0 Å². The number of esters is 1. The number of rotatable bonds is 5. The third kappa shape index (κ3) is 4.13. The molecule has 0 bridgehead atoms. The van der Waals surface area contributed by atoms with E-state index in [-0.39, 0.29) is 28.7 Å². The highest BCUT2D eigenvalue weighted by molar-refractivity contribution is 8.13. The summed E-state index contributed by atoms with van der Waals surface area (Å²) in [5.41, 5.74) is -0.0607. The number of carbonyl (C=O) groups is 1. The van der Waals surface area contributed by atoms with Gasteiger partial charge in [0.15, 0.2) is 0 Å². The van der Waals surface area contributed by atoms with Crippen LogP contribution in [0.5, 0.6) is 0 Å². The lowest BCUT2D eigenvalue weighted by atomic mass is 10.2. The van der Waals surface area contributed by atoms with Gasteiger partial charge in [0.25, 0.3) is 9.05 Å². The number of carbonyl (C=O) groups excluding carboxylic acids is 1. The molecular formula is C10H10Cl2O5S. The quantitative estimate of drug-likeness (QED) is 0.473. The van der Waals surface area contributed by atoms with Crippen LogP contribution in [0.4, 0.5) is 0 Å². The summed E-state index contributed by atoms with van der Waals surface area (Å²) < 4.78 is 31.8. The second-order valence-corrected chi connectivity index (χ2v) is 6.18. The molecule has 0 amide bonds. The molecule has 0 unspecified atom stereocenters. The molecular weight excluding hydrogens is 303 g/mol. The van der Waals surface area contributed by atoms with E-state index in [0.29, 0.717) is 0 Å². The van der Waals surface area contributed by atoms with E-state index in [1.165, 1.54) is 19.2 Å². The standard InChI is InChI=1S/C10H10Cl2O5S/c1-16-4-5-17-10(13)8-6-7(18(12,14)15)2-3-9(8)11/h2-3,6H,4-5H2,1H3. The van der Waals surface area contributed by atoms with Gasteiger partial charge in [-0.25, -0.2) is 13.2 Å². The van der Waals surface area contributed by atoms with Gasteiger partial charge in [-0.15, -0.1) is 0 Å². The summed E-state index contributed by atoms with van der Waals surface area (Å²) in [5, 5.41) is 0.0847. The Morgan fingerprint density at radius 3 is 2.56 bits per heavy atom. The van der Waals surface area contributed by atoms with Crippen LogP contribution in [-0.2, 0) is 18.5 Å². The van der Waals surface area contributed by atoms with Crippen LogP contribution in [0, 0.1) is 0 Å². The molecule has 0 heterocycles. The molecule has 1 aromatic rings. The summed E-state index contributed by atoms with van der Waals surface area (Å²) in [6.07, 6.45) is 0. The number of hydrogen-bond donors (Lipinski definition) is 0. The molecule has 0 aliphatic carbocycles. The van der Waals surface area contributed by atoms with Crippen LogP contribution < -0.4 is 0 Å². The highest BCUT2D eigenvalue weighted by Gasteiger charge is 2.17. The van der Waals surface area contributed by atoms with Gasteiger partial charge < -0.3 is 9.47 Å². The van der Waals surface area contributed by atoms with Gasteiger partial charge in [0.05, 0.1) is 22.1 Å². The molecule has 1 aromatic carbocycles. The second kappa shape index (κ2) is 6.38. The lowest BCUT2D eigenvalue weighted by molar-refractivity contribution is 0.0388. The van der Waals surface area contributed by atoms with E-state index in [4.69, 9.17) is 31.8 Å². The zero-order valence-corrected chi connectivity index (χ0v) is 11.7. The van der Waals surface area contributed by atoms with E-state index in [1.807, 2.05) is 0 Å². The average Bonchev–Trinajstić information content (AvgIpc) is 2.28. The van der Waals surface area contributed by atoms with Gasteiger partial charge in [0.2, 0.25) is 0 Å². The molecule has 1 rings (SSSR count). The van der Waals surface area contributed by atoms with Gasteiger partial charge in [0.1, 0.15) is 6.61 Å². The van der Waals surface area contributed by atoms with Crippen LogP contribution in [0.2, 0.25) is 5.02 Å².